The number of nitrogens with one attached hydrogen (secondary N) is 2. The van der Waals surface area contributed by atoms with E-state index in [1.807, 2.05) is 6.07 Å². The van der Waals surface area contributed by atoms with E-state index < -0.39 is 44.8 Å². The van der Waals surface area contributed by atoms with Crippen LogP contribution >= 0.6 is 23.8 Å². The molecule has 1 aliphatic heterocycles. The molecule has 1 aromatic heterocycles. The number of imidazole rings is 1. The molecule has 2 N–H and O–H groups in total. The lowest BCUT2D eigenvalue weighted by Crippen LogP contribution is -2.63. The van der Waals surface area contributed by atoms with Crippen molar-refractivity contribution in [3.63, 3.8) is 0 Å². The van der Waals surface area contributed by atoms with E-state index >= 15 is 0 Å². The van der Waals surface area contributed by atoms with Gasteiger partial charge in [0.1, 0.15) is 0 Å². The van der Waals surface area contributed by atoms with Crippen LogP contribution in [0.25, 0.3) is 11.3 Å². The van der Waals surface area contributed by atoms with E-state index in [1.165, 1.54) is 30.5 Å². The highest BCUT2D eigenvalue weighted by atomic mass is 35.5. The maximum atomic E-state index is 13.4. The summed E-state index contributed by atoms with van der Waals surface area (Å²) in [4.78, 5) is 46.3. The predicted molar refractivity (Wildman–Crippen MR) is 155 cm³/mol. The quantitative estimate of drug-likeness (QED) is 0.214. The number of nitrogens with zero attached hydrogens (tertiary/aromatic N) is 3. The number of aromatic nitrogens is 2. The summed E-state index contributed by atoms with van der Waals surface area (Å²) in [6, 6.07) is 18.6. The van der Waals surface area contributed by atoms with Crippen LogP contribution in [0.4, 0.5) is 30.5 Å². The Morgan fingerprint density at radius 1 is 0.907 bits per heavy atom. The Hall–Kier alpha value is -4.60. The average molecular weight is 648 g/mol. The summed E-state index contributed by atoms with van der Waals surface area (Å²) in [5.41, 5.74) is 1.08. The zero-order chi connectivity index (χ0) is 31.1. The second-order valence-electron chi connectivity index (χ2n) is 9.01. The van der Waals surface area contributed by atoms with E-state index in [0.29, 0.717) is 15.5 Å². The largest absolute Gasteiger partial charge is 0.451 e. The number of amides is 2. The van der Waals surface area contributed by atoms with Gasteiger partial charge >= 0.3 is 6.18 Å². The van der Waals surface area contributed by atoms with Gasteiger partial charge < -0.3 is 4.98 Å². The van der Waals surface area contributed by atoms with Crippen molar-refractivity contribution in [2.75, 3.05) is 14.5 Å². The van der Waals surface area contributed by atoms with E-state index in [0.717, 1.165) is 29.8 Å². The lowest BCUT2D eigenvalue weighted by Gasteiger charge is -2.38. The van der Waals surface area contributed by atoms with Crippen LogP contribution in [0, 0.1) is 5.92 Å². The number of hydrogen-bond acceptors (Lipinski definition) is 7. The number of benzene rings is 3. The van der Waals surface area contributed by atoms with Crippen LogP contribution in [-0.4, -0.2) is 47.3 Å². The zero-order valence-corrected chi connectivity index (χ0v) is 23.8. The van der Waals surface area contributed by atoms with Gasteiger partial charge in [-0.15, -0.1) is 0 Å². The molecule has 1 unspecified atom stereocenters. The number of carbonyl (C=O) groups excluding carboxylic acids is 3. The monoisotopic (exact) mass is 647 g/mol. The lowest BCUT2D eigenvalue weighted by molar-refractivity contribution is -0.177. The maximum Gasteiger partial charge on any atom is 0.451 e. The van der Waals surface area contributed by atoms with E-state index in [9.17, 15) is 36.0 Å². The fraction of sp³-hybridized carbons (Fsp3) is 0.0741. The molecule has 4 aromatic rings. The summed E-state index contributed by atoms with van der Waals surface area (Å²) >= 11 is 11.2. The van der Waals surface area contributed by atoms with Crippen molar-refractivity contribution in [2.24, 2.45) is 5.92 Å². The minimum Gasteiger partial charge on any atom is -0.323 e. The number of Topliss-reactive ketones (excluding diaryl/α,β-unsaturated/α-hetero) is 1. The fourth-order valence-electron chi connectivity index (χ4n) is 4.20. The molecule has 0 saturated carbocycles. The van der Waals surface area contributed by atoms with Crippen LogP contribution in [-0.2, 0) is 24.4 Å². The number of alkyl halides is 3. The third-order valence-corrected chi connectivity index (χ3v) is 8.21. The molecule has 1 aliphatic rings. The van der Waals surface area contributed by atoms with Crippen molar-refractivity contribution < 1.29 is 36.0 Å². The molecule has 0 radical (unpaired) electrons. The first-order valence-corrected chi connectivity index (χ1v) is 14.4. The maximum absolute atomic E-state index is 13.4. The van der Waals surface area contributed by atoms with E-state index in [-0.39, 0.29) is 27.2 Å². The van der Waals surface area contributed by atoms with E-state index in [2.05, 4.69) is 14.7 Å². The summed E-state index contributed by atoms with van der Waals surface area (Å²) in [5, 5.41) is -0.312. The third-order valence-electron chi connectivity index (χ3n) is 6.24. The van der Waals surface area contributed by atoms with Crippen LogP contribution in [0.15, 0.2) is 90.0 Å². The molecule has 220 valence electrons. The van der Waals surface area contributed by atoms with Gasteiger partial charge in [0.2, 0.25) is 5.95 Å². The summed E-state index contributed by atoms with van der Waals surface area (Å²) in [6.07, 6.45) is -4.08. The third kappa shape index (κ3) is 5.86. The minimum absolute atomic E-state index is 0.0476. The van der Waals surface area contributed by atoms with Gasteiger partial charge in [-0.25, -0.2) is 18.1 Å². The smallest absolute Gasteiger partial charge is 0.323 e. The molecule has 3 aromatic carbocycles. The van der Waals surface area contributed by atoms with Gasteiger partial charge in [0.05, 0.1) is 28.2 Å². The summed E-state index contributed by atoms with van der Waals surface area (Å²) in [5.74, 6) is -8.48. The number of halogens is 4. The molecule has 0 bridgehead atoms. The Bertz CT molecular complexity index is 1850. The SMILES string of the molecule is O=C1C(C(=O)C(F)(F)F)C(=O)N(c2ccc(S(=O)(=O)Nc3ncc(-c4ccccc4)[nH]3)cc2)C(=S)N1c1ccc(Cl)cc1. The first-order valence-electron chi connectivity index (χ1n) is 12.1. The number of sulfonamides is 1. The van der Waals surface area contributed by atoms with Crippen LogP contribution in [0.2, 0.25) is 5.02 Å². The van der Waals surface area contributed by atoms with Crippen molar-refractivity contribution in [1.82, 2.24) is 9.97 Å². The number of anilines is 3. The van der Waals surface area contributed by atoms with Crippen LogP contribution in [0.5, 0.6) is 0 Å². The molecule has 1 fully saturated rings. The first kappa shape index (κ1) is 29.9. The highest BCUT2D eigenvalue weighted by Crippen LogP contribution is 2.34. The van der Waals surface area contributed by atoms with Crippen molar-refractivity contribution >= 4 is 73.9 Å². The molecular weight excluding hydrogens is 631 g/mol. The number of thiocarbonyl (C=S) groups is 1. The second-order valence-corrected chi connectivity index (χ2v) is 11.5. The Balaban J connectivity index is 1.46. The Morgan fingerprint density at radius 2 is 1.44 bits per heavy atom. The molecule has 16 heteroatoms. The van der Waals surface area contributed by atoms with Crippen molar-refractivity contribution in [1.29, 1.82) is 0 Å². The minimum atomic E-state index is -5.51. The van der Waals surface area contributed by atoms with Crippen molar-refractivity contribution in [3.05, 3.63) is 90.1 Å². The molecule has 0 aliphatic carbocycles. The van der Waals surface area contributed by atoms with Gasteiger partial charge in [-0.3, -0.25) is 24.2 Å². The van der Waals surface area contributed by atoms with Crippen molar-refractivity contribution in [2.45, 2.75) is 11.1 Å². The molecule has 2 amide bonds. The molecule has 43 heavy (non-hydrogen) atoms. The number of aromatic amines is 1. The molecule has 1 saturated heterocycles. The molecule has 5 rings (SSSR count). The number of carbonyl (C=O) groups is 3. The van der Waals surface area contributed by atoms with Gasteiger partial charge in [0.25, 0.3) is 27.6 Å². The zero-order valence-electron chi connectivity index (χ0n) is 21.4. The van der Waals surface area contributed by atoms with E-state index in [4.69, 9.17) is 23.8 Å². The second kappa shape index (κ2) is 11.2. The van der Waals surface area contributed by atoms with Crippen LogP contribution in [0.1, 0.15) is 0 Å². The number of rotatable bonds is 7. The number of H-pyrrole nitrogens is 1. The molecule has 2 heterocycles. The van der Waals surface area contributed by atoms with Gasteiger partial charge in [-0.1, -0.05) is 41.9 Å². The average Bonchev–Trinajstić information content (AvgIpc) is 3.42. The summed E-state index contributed by atoms with van der Waals surface area (Å²) in [7, 11) is -4.23. The van der Waals surface area contributed by atoms with E-state index in [1.54, 1.807) is 24.3 Å². The summed E-state index contributed by atoms with van der Waals surface area (Å²) < 4.78 is 68.6. The Labute approximate surface area is 252 Å². The van der Waals surface area contributed by atoms with Crippen molar-refractivity contribution in [3.8, 4) is 11.3 Å². The number of hydrogen-bond donors (Lipinski definition) is 2. The van der Waals surface area contributed by atoms with Gasteiger partial charge in [0, 0.05) is 5.02 Å². The first-order chi connectivity index (χ1) is 20.3. The topological polar surface area (TPSA) is 133 Å². The Kier molecular flexibility index (Phi) is 7.81. The van der Waals surface area contributed by atoms with Crippen LogP contribution in [0.3, 0.4) is 0 Å². The summed E-state index contributed by atoms with van der Waals surface area (Å²) in [6.45, 7) is 0. The fourth-order valence-corrected chi connectivity index (χ4v) is 5.69. The highest BCUT2D eigenvalue weighted by molar-refractivity contribution is 7.92. The highest BCUT2D eigenvalue weighted by Gasteiger charge is 2.56. The normalized spacial score (nSPS) is 16.0. The lowest BCUT2D eigenvalue weighted by atomic mass is 9.97. The molecule has 10 nitrogen and oxygen atoms in total. The number of ketones is 1. The standard InChI is InChI=1S/C27H17ClF3N5O5S2/c28-16-6-8-17(9-7-16)35-23(38)21(22(37)27(29,30)31)24(39)36(26(35)42)18-10-12-19(13-11-18)43(40,41)34-25-32-14-20(33-25)15-4-2-1-3-5-15/h1-14,21H,(H2,32,33,34). The van der Waals surface area contributed by atoms with Gasteiger partial charge in [-0.2, -0.15) is 13.2 Å². The van der Waals surface area contributed by atoms with Crippen LogP contribution < -0.4 is 14.5 Å². The van der Waals surface area contributed by atoms with Gasteiger partial charge in [0.15, 0.2) is 11.0 Å². The molecule has 1 atom stereocenters. The van der Waals surface area contributed by atoms with Gasteiger partial charge in [-0.05, 0) is 66.3 Å². The molecule has 0 spiro atoms. The predicted octanol–water partition coefficient (Wildman–Crippen LogP) is 4.94. The Morgan fingerprint density at radius 3 is 1.98 bits per heavy atom. The molecular formula is C27H17ClF3N5O5S2.